The van der Waals surface area contributed by atoms with Gasteiger partial charge in [0.15, 0.2) is 23.1 Å². The third-order valence-electron chi connectivity index (χ3n) is 7.74. The van der Waals surface area contributed by atoms with Gasteiger partial charge in [0.25, 0.3) is 0 Å². The van der Waals surface area contributed by atoms with Crippen LogP contribution in [0.3, 0.4) is 0 Å². The van der Waals surface area contributed by atoms with Crippen LogP contribution in [-0.2, 0) is 6.61 Å². The van der Waals surface area contributed by atoms with Crippen LogP contribution in [0.1, 0.15) is 88.7 Å². The van der Waals surface area contributed by atoms with Gasteiger partial charge in [-0.25, -0.2) is 8.78 Å². The highest BCUT2D eigenvalue weighted by Gasteiger charge is 2.25. The van der Waals surface area contributed by atoms with E-state index in [2.05, 4.69) is 13.8 Å². The lowest BCUT2D eigenvalue weighted by atomic mass is 9.79. The minimum atomic E-state index is -1.10. The monoisotopic (exact) mass is 542 g/mol. The molecule has 0 atom stereocenters. The molecule has 0 amide bonds. The van der Waals surface area contributed by atoms with E-state index in [4.69, 9.17) is 9.47 Å². The number of benzene rings is 3. The largest absolute Gasteiger partial charge is 0.490 e. The zero-order chi connectivity index (χ0) is 27.8. The Bertz CT molecular complexity index is 1220. The number of ether oxygens (including phenoxy) is 2. The minimum Gasteiger partial charge on any atom is -0.490 e. The van der Waals surface area contributed by atoms with Crippen molar-refractivity contribution in [1.29, 1.82) is 0 Å². The van der Waals surface area contributed by atoms with Crippen LogP contribution in [0.15, 0.2) is 48.5 Å². The quantitative estimate of drug-likeness (QED) is 0.167. The lowest BCUT2D eigenvalue weighted by molar-refractivity contribution is 0.266. The van der Waals surface area contributed by atoms with Crippen LogP contribution in [0.5, 0.6) is 11.5 Å². The van der Waals surface area contributed by atoms with Crippen LogP contribution < -0.4 is 9.47 Å². The van der Waals surface area contributed by atoms with Gasteiger partial charge in [0, 0.05) is 5.56 Å². The van der Waals surface area contributed by atoms with E-state index in [1.807, 2.05) is 0 Å². The average Bonchev–Trinajstić information content (AvgIpc) is 2.95. The normalized spacial score (nSPS) is 17.3. The predicted molar refractivity (Wildman–Crippen MR) is 147 cm³/mol. The third-order valence-corrected chi connectivity index (χ3v) is 7.74. The zero-order valence-corrected chi connectivity index (χ0v) is 22.9. The highest BCUT2D eigenvalue weighted by atomic mass is 19.2. The Balaban J connectivity index is 1.35. The summed E-state index contributed by atoms with van der Waals surface area (Å²) in [4.78, 5) is 0. The van der Waals surface area contributed by atoms with Gasteiger partial charge in [-0.2, -0.15) is 8.78 Å². The Hall–Kier alpha value is -3.02. The Morgan fingerprint density at radius 1 is 0.667 bits per heavy atom. The molecule has 6 heteroatoms. The fourth-order valence-electron chi connectivity index (χ4n) is 5.24. The molecule has 0 aliphatic heterocycles. The van der Waals surface area contributed by atoms with E-state index in [1.165, 1.54) is 12.1 Å². The zero-order valence-electron chi connectivity index (χ0n) is 22.9. The number of halogens is 4. The molecule has 0 heterocycles. The van der Waals surface area contributed by atoms with E-state index >= 15 is 4.39 Å². The van der Waals surface area contributed by atoms with Crippen molar-refractivity contribution in [3.8, 4) is 22.6 Å². The molecule has 1 aliphatic rings. The fraction of sp³-hybridized carbons (Fsp3) is 0.455. The van der Waals surface area contributed by atoms with Crippen LogP contribution in [0.4, 0.5) is 17.6 Å². The van der Waals surface area contributed by atoms with Gasteiger partial charge >= 0.3 is 0 Å². The van der Waals surface area contributed by atoms with E-state index in [0.717, 1.165) is 57.8 Å². The lowest BCUT2D eigenvalue weighted by Gasteiger charge is -2.27. The van der Waals surface area contributed by atoms with Gasteiger partial charge in [-0.1, -0.05) is 88.8 Å². The highest BCUT2D eigenvalue weighted by molar-refractivity contribution is 5.65. The second-order valence-electron chi connectivity index (χ2n) is 10.7. The molecule has 0 spiro atoms. The van der Waals surface area contributed by atoms with E-state index < -0.39 is 23.3 Å². The minimum absolute atomic E-state index is 0.00977. The Labute approximate surface area is 229 Å². The number of unbranched alkanes of at least 4 members (excludes halogenated alkanes) is 4. The summed E-state index contributed by atoms with van der Waals surface area (Å²) in [5, 5.41) is 0. The van der Waals surface area contributed by atoms with Gasteiger partial charge in [0.2, 0.25) is 11.6 Å². The maximum Gasteiger partial charge on any atom is 0.204 e. The summed E-state index contributed by atoms with van der Waals surface area (Å²) >= 11 is 0. The predicted octanol–water partition coefficient (Wildman–Crippen LogP) is 10.1. The molecule has 39 heavy (non-hydrogen) atoms. The summed E-state index contributed by atoms with van der Waals surface area (Å²) in [6.07, 6.45) is 8.99. The molecule has 2 nitrogen and oxygen atoms in total. The van der Waals surface area contributed by atoms with Crippen molar-refractivity contribution >= 4 is 0 Å². The van der Waals surface area contributed by atoms with Gasteiger partial charge in [-0.15, -0.1) is 0 Å². The molecule has 0 radical (unpaired) electrons. The Morgan fingerprint density at radius 2 is 1.31 bits per heavy atom. The number of hydrogen-bond acceptors (Lipinski definition) is 2. The molecular weight excluding hydrogens is 504 g/mol. The molecule has 1 saturated carbocycles. The number of rotatable bonds is 12. The molecule has 3 aromatic carbocycles. The van der Waals surface area contributed by atoms with E-state index in [-0.39, 0.29) is 29.6 Å². The van der Waals surface area contributed by atoms with Gasteiger partial charge in [-0.3, -0.25) is 0 Å². The molecule has 1 fully saturated rings. The summed E-state index contributed by atoms with van der Waals surface area (Å²) in [6.45, 7) is 4.65. The second-order valence-corrected chi connectivity index (χ2v) is 10.7. The first-order chi connectivity index (χ1) is 18.9. The van der Waals surface area contributed by atoms with Crippen molar-refractivity contribution < 1.29 is 27.0 Å². The summed E-state index contributed by atoms with van der Waals surface area (Å²) in [7, 11) is 0. The average molecular weight is 543 g/mol. The van der Waals surface area contributed by atoms with E-state index in [0.29, 0.717) is 29.2 Å². The van der Waals surface area contributed by atoms with Crippen molar-refractivity contribution in [1.82, 2.24) is 0 Å². The van der Waals surface area contributed by atoms with E-state index in [1.54, 1.807) is 36.4 Å². The maximum atomic E-state index is 15.0. The molecular formula is C33H38F4O2. The van der Waals surface area contributed by atoms with Crippen LogP contribution in [0, 0.1) is 29.2 Å². The molecule has 0 N–H and O–H groups in total. The molecule has 210 valence electrons. The molecule has 0 saturated heterocycles. The fourth-order valence-corrected chi connectivity index (χ4v) is 5.24. The Kier molecular flexibility index (Phi) is 10.3. The van der Waals surface area contributed by atoms with Crippen molar-refractivity contribution in [2.45, 2.75) is 84.2 Å². The van der Waals surface area contributed by atoms with Crippen LogP contribution in [-0.4, -0.2) is 6.61 Å². The standard InChI is InChI=1S/C33H38F4O2/c1-3-4-5-6-7-20-38-28-18-19-29(33(37)32(28)36)39-21-23-10-14-25(15-11-23)27-17-16-26(30(34)31(27)35)24-12-8-22(2)9-13-24/h10-11,14-19,22,24H,3-9,12-13,20-21H2,1-2H3. The first-order valence-electron chi connectivity index (χ1n) is 14.2. The van der Waals surface area contributed by atoms with Gasteiger partial charge in [0.05, 0.1) is 6.61 Å². The van der Waals surface area contributed by atoms with Crippen molar-refractivity contribution in [3.63, 3.8) is 0 Å². The first kappa shape index (κ1) is 29.0. The van der Waals surface area contributed by atoms with Crippen molar-refractivity contribution in [2.24, 2.45) is 5.92 Å². The van der Waals surface area contributed by atoms with Crippen molar-refractivity contribution in [2.75, 3.05) is 6.61 Å². The molecule has 0 aromatic heterocycles. The van der Waals surface area contributed by atoms with Crippen molar-refractivity contribution in [3.05, 3.63) is 82.9 Å². The first-order valence-corrected chi connectivity index (χ1v) is 14.2. The summed E-state index contributed by atoms with van der Waals surface area (Å²) < 4.78 is 69.9. The summed E-state index contributed by atoms with van der Waals surface area (Å²) in [5.41, 5.74) is 1.87. The molecule has 3 aromatic rings. The van der Waals surface area contributed by atoms with E-state index in [9.17, 15) is 13.2 Å². The highest BCUT2D eigenvalue weighted by Crippen LogP contribution is 2.39. The summed E-state index contributed by atoms with van der Waals surface area (Å²) in [6, 6.07) is 12.8. The molecule has 1 aliphatic carbocycles. The lowest BCUT2D eigenvalue weighted by Crippen LogP contribution is -2.13. The smallest absolute Gasteiger partial charge is 0.204 e. The maximum absolute atomic E-state index is 15.0. The van der Waals surface area contributed by atoms with Crippen LogP contribution in [0.25, 0.3) is 11.1 Å². The van der Waals surface area contributed by atoms with Gasteiger partial charge in [-0.05, 0) is 59.9 Å². The molecule has 0 bridgehead atoms. The topological polar surface area (TPSA) is 18.5 Å². The number of hydrogen-bond donors (Lipinski definition) is 0. The third kappa shape index (κ3) is 7.34. The van der Waals surface area contributed by atoms with Crippen LogP contribution >= 0.6 is 0 Å². The van der Waals surface area contributed by atoms with Crippen LogP contribution in [0.2, 0.25) is 0 Å². The SMILES string of the molecule is CCCCCCCOc1ccc(OCc2ccc(-c3ccc(C4CCC(C)CC4)c(F)c3F)cc2)c(F)c1F. The Morgan fingerprint density at radius 3 is 1.97 bits per heavy atom. The molecule has 0 unspecified atom stereocenters. The molecule has 4 rings (SSSR count). The summed E-state index contributed by atoms with van der Waals surface area (Å²) in [5.74, 6) is -3.41. The second kappa shape index (κ2) is 13.9. The van der Waals surface area contributed by atoms with Gasteiger partial charge in [0.1, 0.15) is 6.61 Å². The van der Waals surface area contributed by atoms with Gasteiger partial charge < -0.3 is 9.47 Å².